The second kappa shape index (κ2) is 5.35. The zero-order valence-corrected chi connectivity index (χ0v) is 12.9. The Kier molecular flexibility index (Phi) is 3.50. The highest BCUT2D eigenvalue weighted by molar-refractivity contribution is 5.79. The number of nitrogens with zero attached hydrogens (tertiary/aromatic N) is 2. The highest BCUT2D eigenvalue weighted by atomic mass is 16.5. The molecule has 0 aliphatic heterocycles. The van der Waals surface area contributed by atoms with Gasteiger partial charge in [0.1, 0.15) is 22.9 Å². The Labute approximate surface area is 129 Å². The smallest absolute Gasteiger partial charge is 0.139 e. The Morgan fingerprint density at radius 2 is 1.91 bits per heavy atom. The third-order valence-corrected chi connectivity index (χ3v) is 3.89. The maximum absolute atomic E-state index is 9.25. The monoisotopic (exact) mass is 297 g/mol. The van der Waals surface area contributed by atoms with Crippen LogP contribution in [0.15, 0.2) is 30.5 Å². The molecule has 22 heavy (non-hydrogen) atoms. The molecule has 5 nitrogen and oxygen atoms in total. The van der Waals surface area contributed by atoms with Gasteiger partial charge in [0.2, 0.25) is 0 Å². The molecule has 0 atom stereocenters. The predicted molar refractivity (Wildman–Crippen MR) is 87.0 cm³/mol. The van der Waals surface area contributed by atoms with Gasteiger partial charge in [0, 0.05) is 11.8 Å². The minimum absolute atomic E-state index is 0.0147. The molecule has 5 heteroatoms. The first-order valence-electron chi connectivity index (χ1n) is 7.08. The summed E-state index contributed by atoms with van der Waals surface area (Å²) < 4.78 is 7.13. The summed E-state index contributed by atoms with van der Waals surface area (Å²) >= 11 is 0. The number of nitrogens with two attached hydrogens (primary N) is 1. The Morgan fingerprint density at radius 3 is 2.50 bits per heavy atom. The van der Waals surface area contributed by atoms with Crippen molar-refractivity contribution in [3.05, 3.63) is 47.2 Å². The van der Waals surface area contributed by atoms with Gasteiger partial charge in [-0.15, -0.1) is 0 Å². The lowest BCUT2D eigenvalue weighted by molar-refractivity contribution is 0.282. The molecule has 1 aromatic carbocycles. The van der Waals surface area contributed by atoms with E-state index >= 15 is 0 Å². The summed E-state index contributed by atoms with van der Waals surface area (Å²) in [6.45, 7) is 4.03. The number of pyridine rings is 1. The summed E-state index contributed by atoms with van der Waals surface area (Å²) in [5.41, 5.74) is 11.7. The predicted octanol–water partition coefficient (Wildman–Crippen LogP) is 2.70. The molecule has 0 radical (unpaired) electrons. The summed E-state index contributed by atoms with van der Waals surface area (Å²) in [5.74, 6) is 1.42. The maximum Gasteiger partial charge on any atom is 0.139 e. The van der Waals surface area contributed by atoms with Gasteiger partial charge in [-0.05, 0) is 54.8 Å². The lowest BCUT2D eigenvalue weighted by Crippen LogP contribution is -1.97. The average molecular weight is 297 g/mol. The first kappa shape index (κ1) is 14.4. The molecule has 0 saturated heterocycles. The first-order chi connectivity index (χ1) is 10.5. The van der Waals surface area contributed by atoms with Crippen molar-refractivity contribution in [1.82, 2.24) is 9.38 Å². The number of aryl methyl sites for hydroxylation is 2. The fourth-order valence-corrected chi connectivity index (χ4v) is 2.80. The van der Waals surface area contributed by atoms with E-state index in [2.05, 4.69) is 4.98 Å². The van der Waals surface area contributed by atoms with Gasteiger partial charge in [-0.3, -0.25) is 4.40 Å². The first-order valence-corrected chi connectivity index (χ1v) is 7.08. The van der Waals surface area contributed by atoms with Crippen LogP contribution >= 0.6 is 0 Å². The third kappa shape index (κ3) is 2.19. The third-order valence-electron chi connectivity index (χ3n) is 3.89. The van der Waals surface area contributed by atoms with Gasteiger partial charge in [-0.1, -0.05) is 0 Å². The van der Waals surface area contributed by atoms with Crippen LogP contribution in [0.4, 0.5) is 5.82 Å². The van der Waals surface area contributed by atoms with Crippen LogP contribution in [0.2, 0.25) is 0 Å². The van der Waals surface area contributed by atoms with E-state index in [1.807, 2.05) is 48.7 Å². The number of ether oxygens (including phenoxy) is 1. The van der Waals surface area contributed by atoms with E-state index in [0.29, 0.717) is 5.82 Å². The van der Waals surface area contributed by atoms with E-state index in [4.69, 9.17) is 10.5 Å². The maximum atomic E-state index is 9.25. The number of anilines is 1. The lowest BCUT2D eigenvalue weighted by atomic mass is 9.99. The molecule has 2 heterocycles. The van der Waals surface area contributed by atoms with E-state index in [0.717, 1.165) is 39.3 Å². The average Bonchev–Trinajstić information content (AvgIpc) is 2.82. The molecule has 0 amide bonds. The number of aliphatic hydroxyl groups excluding tert-OH is 1. The van der Waals surface area contributed by atoms with Crippen molar-refractivity contribution in [3.63, 3.8) is 0 Å². The van der Waals surface area contributed by atoms with Gasteiger partial charge in [-0.2, -0.15) is 0 Å². The fourth-order valence-electron chi connectivity index (χ4n) is 2.80. The number of hydrogen-bond acceptors (Lipinski definition) is 4. The molecule has 3 aromatic rings. The van der Waals surface area contributed by atoms with Crippen molar-refractivity contribution < 1.29 is 9.84 Å². The summed E-state index contributed by atoms with van der Waals surface area (Å²) in [6, 6.07) is 7.63. The van der Waals surface area contributed by atoms with Gasteiger partial charge in [0.25, 0.3) is 0 Å². The zero-order valence-electron chi connectivity index (χ0n) is 12.9. The van der Waals surface area contributed by atoms with Crippen molar-refractivity contribution >= 4 is 11.5 Å². The van der Waals surface area contributed by atoms with Crippen LogP contribution in [0.3, 0.4) is 0 Å². The number of aliphatic hydroxyl groups is 1. The Hall–Kier alpha value is -2.53. The number of nitrogen functional groups attached to an aromatic ring is 1. The van der Waals surface area contributed by atoms with E-state index in [1.165, 1.54) is 0 Å². The van der Waals surface area contributed by atoms with Crippen LogP contribution in [-0.4, -0.2) is 21.6 Å². The Morgan fingerprint density at radius 1 is 1.23 bits per heavy atom. The van der Waals surface area contributed by atoms with E-state index in [9.17, 15) is 5.11 Å². The second-order valence-electron chi connectivity index (χ2n) is 5.40. The van der Waals surface area contributed by atoms with E-state index < -0.39 is 0 Å². The van der Waals surface area contributed by atoms with Crippen LogP contribution in [0.1, 0.15) is 16.7 Å². The van der Waals surface area contributed by atoms with Gasteiger partial charge in [0.05, 0.1) is 13.7 Å². The highest BCUT2D eigenvalue weighted by Gasteiger charge is 2.16. The van der Waals surface area contributed by atoms with E-state index in [1.54, 1.807) is 7.11 Å². The van der Waals surface area contributed by atoms with Gasteiger partial charge >= 0.3 is 0 Å². The minimum Gasteiger partial charge on any atom is -0.497 e. The number of hydrogen-bond donors (Lipinski definition) is 2. The Bertz CT molecular complexity index is 829. The molecule has 114 valence electrons. The van der Waals surface area contributed by atoms with Gasteiger partial charge < -0.3 is 15.6 Å². The number of rotatable bonds is 3. The number of fused-ring (bicyclic) bond motifs is 1. The second-order valence-corrected chi connectivity index (χ2v) is 5.40. The normalized spacial score (nSPS) is 11.1. The van der Waals surface area contributed by atoms with Gasteiger partial charge in [-0.25, -0.2) is 4.98 Å². The topological polar surface area (TPSA) is 72.8 Å². The molecule has 3 N–H and O–H groups in total. The van der Waals surface area contributed by atoms with Crippen molar-refractivity contribution in [2.24, 2.45) is 0 Å². The number of methoxy groups -OCH3 is 1. The summed E-state index contributed by atoms with van der Waals surface area (Å²) in [6.07, 6.45) is 1.83. The van der Waals surface area contributed by atoms with Crippen LogP contribution in [0.25, 0.3) is 16.9 Å². The molecule has 2 aromatic heterocycles. The molecule has 0 fully saturated rings. The summed E-state index contributed by atoms with van der Waals surface area (Å²) in [7, 11) is 1.66. The number of benzene rings is 1. The molecule has 0 spiro atoms. The fraction of sp³-hybridized carbons (Fsp3) is 0.235. The largest absolute Gasteiger partial charge is 0.497 e. The quantitative estimate of drug-likeness (QED) is 0.779. The number of aromatic nitrogens is 2. The molecule has 0 bridgehead atoms. The van der Waals surface area contributed by atoms with E-state index in [-0.39, 0.29) is 6.61 Å². The van der Waals surface area contributed by atoms with Crippen molar-refractivity contribution in [2.45, 2.75) is 20.5 Å². The van der Waals surface area contributed by atoms with Crippen molar-refractivity contribution in [1.29, 1.82) is 0 Å². The molecular formula is C17H19N3O2. The van der Waals surface area contributed by atoms with Crippen LogP contribution < -0.4 is 10.5 Å². The summed E-state index contributed by atoms with van der Waals surface area (Å²) in [5, 5.41) is 9.25. The highest BCUT2D eigenvalue weighted by Crippen LogP contribution is 2.34. The molecular weight excluding hydrogens is 278 g/mol. The summed E-state index contributed by atoms with van der Waals surface area (Å²) in [4.78, 5) is 4.65. The molecule has 0 aliphatic rings. The van der Waals surface area contributed by atoms with Crippen LogP contribution in [0, 0.1) is 13.8 Å². The standard InChI is InChI=1S/C17H19N3O2/c1-10-6-13(22-3)7-11(2)15(10)16-17(18)20-5-4-12(9-21)8-14(20)19-16/h4-8,21H,9,18H2,1-3H3. The van der Waals surface area contributed by atoms with Crippen molar-refractivity contribution in [3.8, 4) is 17.0 Å². The minimum atomic E-state index is -0.0147. The zero-order chi connectivity index (χ0) is 15.9. The van der Waals surface area contributed by atoms with Crippen LogP contribution in [-0.2, 0) is 6.61 Å². The Balaban J connectivity index is 2.24. The molecule has 3 rings (SSSR count). The molecule has 0 unspecified atom stereocenters. The van der Waals surface area contributed by atoms with Crippen molar-refractivity contribution in [2.75, 3.05) is 12.8 Å². The SMILES string of the molecule is COc1cc(C)c(-c2nc3cc(CO)ccn3c2N)c(C)c1. The lowest BCUT2D eigenvalue weighted by Gasteiger charge is -2.11. The molecule has 0 aliphatic carbocycles. The number of imidazole rings is 1. The van der Waals surface area contributed by atoms with Gasteiger partial charge in [0.15, 0.2) is 0 Å². The molecule has 0 saturated carbocycles. The van der Waals surface area contributed by atoms with Crippen LogP contribution in [0.5, 0.6) is 5.75 Å².